The van der Waals surface area contributed by atoms with Gasteiger partial charge in [0.25, 0.3) is 0 Å². The molecule has 0 atom stereocenters. The van der Waals surface area contributed by atoms with Gasteiger partial charge in [0.1, 0.15) is 17.5 Å². The Morgan fingerprint density at radius 3 is 2.42 bits per heavy atom. The summed E-state index contributed by atoms with van der Waals surface area (Å²) >= 11 is 0. The van der Waals surface area contributed by atoms with E-state index in [1.165, 1.54) is 18.2 Å². The quantitative estimate of drug-likeness (QED) is 0.584. The van der Waals surface area contributed by atoms with E-state index in [1.54, 1.807) is 43.7 Å². The molecule has 0 amide bonds. The Hall–Kier alpha value is -3.41. The maximum absolute atomic E-state index is 14.7. The summed E-state index contributed by atoms with van der Waals surface area (Å²) in [5, 5.41) is 3.71. The van der Waals surface area contributed by atoms with Gasteiger partial charge in [-0.15, -0.1) is 0 Å². The Labute approximate surface area is 148 Å². The molecule has 2 aromatic heterocycles. The molecular weight excluding hydrogens is 334 g/mol. The van der Waals surface area contributed by atoms with Gasteiger partial charge in [0.15, 0.2) is 5.82 Å². The van der Waals surface area contributed by atoms with Crippen molar-refractivity contribution in [3.8, 4) is 22.5 Å². The van der Waals surface area contributed by atoms with E-state index in [2.05, 4.69) is 20.3 Å². The Balaban J connectivity index is 1.92. The molecule has 2 heterocycles. The van der Waals surface area contributed by atoms with Gasteiger partial charge in [-0.05, 0) is 35.9 Å². The van der Waals surface area contributed by atoms with E-state index in [-0.39, 0.29) is 5.82 Å². The molecule has 0 bridgehead atoms. The van der Waals surface area contributed by atoms with Crippen LogP contribution < -0.4 is 5.32 Å². The van der Waals surface area contributed by atoms with E-state index in [0.717, 1.165) is 5.56 Å². The predicted molar refractivity (Wildman–Crippen MR) is 97.7 cm³/mol. The molecule has 6 heteroatoms. The van der Waals surface area contributed by atoms with E-state index in [0.29, 0.717) is 33.7 Å². The lowest BCUT2D eigenvalue weighted by atomic mass is 10.0. The maximum atomic E-state index is 14.7. The zero-order chi connectivity index (χ0) is 18.1. The molecule has 128 valence electrons. The molecule has 0 spiro atoms. The molecule has 0 aliphatic rings. The second kappa shape index (κ2) is 6.48. The minimum absolute atomic E-state index is 0.365. The van der Waals surface area contributed by atoms with Crippen molar-refractivity contribution in [2.75, 3.05) is 12.4 Å². The molecule has 0 saturated carbocycles. The number of halogens is 2. The molecule has 4 nitrogen and oxygen atoms in total. The number of rotatable bonds is 3. The van der Waals surface area contributed by atoms with Crippen molar-refractivity contribution in [3.63, 3.8) is 0 Å². The lowest BCUT2D eigenvalue weighted by Crippen LogP contribution is -2.00. The maximum Gasteiger partial charge on any atom is 0.163 e. The molecule has 0 aliphatic carbocycles. The molecule has 0 unspecified atom stereocenters. The van der Waals surface area contributed by atoms with Gasteiger partial charge in [-0.3, -0.25) is 4.98 Å². The topological polar surface area (TPSA) is 50.7 Å². The summed E-state index contributed by atoms with van der Waals surface area (Å²) in [6.07, 6.45) is 3.32. The number of nitrogens with one attached hydrogen (secondary N) is 1. The highest BCUT2D eigenvalue weighted by Gasteiger charge is 2.14. The highest BCUT2D eigenvalue weighted by Crippen LogP contribution is 2.31. The fourth-order valence-corrected chi connectivity index (χ4v) is 2.82. The fraction of sp³-hybridized carbons (Fsp3) is 0.0500. The smallest absolute Gasteiger partial charge is 0.163 e. The monoisotopic (exact) mass is 348 g/mol. The Kier molecular flexibility index (Phi) is 4.01. The van der Waals surface area contributed by atoms with E-state index in [4.69, 9.17) is 0 Å². The van der Waals surface area contributed by atoms with Gasteiger partial charge >= 0.3 is 0 Å². The number of pyridine rings is 1. The van der Waals surface area contributed by atoms with Crippen molar-refractivity contribution in [1.82, 2.24) is 15.0 Å². The summed E-state index contributed by atoms with van der Waals surface area (Å²) in [4.78, 5) is 13.1. The van der Waals surface area contributed by atoms with Crippen LogP contribution in [0.5, 0.6) is 0 Å². The SMILES string of the molecule is CNc1nc(-c2cccnc2)nc2cc(F)c(-c3ccc(F)cc3)cc12. The van der Waals surface area contributed by atoms with Crippen molar-refractivity contribution < 1.29 is 8.78 Å². The second-order valence-corrected chi connectivity index (χ2v) is 5.74. The summed E-state index contributed by atoms with van der Waals surface area (Å²) in [5.41, 5.74) is 2.18. The zero-order valence-electron chi connectivity index (χ0n) is 13.9. The minimum atomic E-state index is -0.429. The number of aromatic nitrogens is 3. The minimum Gasteiger partial charge on any atom is -0.373 e. The average Bonchev–Trinajstić information content (AvgIpc) is 2.68. The van der Waals surface area contributed by atoms with Gasteiger partial charge in [-0.2, -0.15) is 0 Å². The zero-order valence-corrected chi connectivity index (χ0v) is 13.9. The highest BCUT2D eigenvalue weighted by molar-refractivity contribution is 5.94. The summed E-state index contributed by atoms with van der Waals surface area (Å²) in [7, 11) is 1.75. The van der Waals surface area contributed by atoms with Crippen LogP contribution in [-0.2, 0) is 0 Å². The average molecular weight is 348 g/mol. The summed E-state index contributed by atoms with van der Waals surface area (Å²) in [5.74, 6) is 0.249. The fourth-order valence-electron chi connectivity index (χ4n) is 2.82. The standard InChI is InChI=1S/C20H14F2N4/c1-23-20-16-9-15(12-4-6-14(21)7-5-12)17(22)10-18(16)25-19(26-20)13-3-2-8-24-11-13/h2-11H,1H3,(H,23,25,26). The number of nitrogens with zero attached hydrogens (tertiary/aromatic N) is 3. The van der Waals surface area contributed by atoms with Crippen LogP contribution >= 0.6 is 0 Å². The van der Waals surface area contributed by atoms with Gasteiger partial charge in [0.05, 0.1) is 5.52 Å². The molecular formula is C20H14F2N4. The molecule has 0 fully saturated rings. The number of anilines is 1. The largest absolute Gasteiger partial charge is 0.373 e. The van der Waals surface area contributed by atoms with Crippen molar-refractivity contribution in [2.24, 2.45) is 0 Å². The predicted octanol–water partition coefficient (Wildman–Crippen LogP) is 4.68. The van der Waals surface area contributed by atoms with Gasteiger partial charge in [-0.1, -0.05) is 12.1 Å². The normalized spacial score (nSPS) is 10.9. The van der Waals surface area contributed by atoms with Gasteiger partial charge in [-0.25, -0.2) is 18.7 Å². The van der Waals surface area contributed by atoms with E-state index < -0.39 is 5.82 Å². The molecule has 4 rings (SSSR count). The van der Waals surface area contributed by atoms with Crippen molar-refractivity contribution in [3.05, 3.63) is 72.6 Å². The van der Waals surface area contributed by atoms with Crippen LogP contribution in [-0.4, -0.2) is 22.0 Å². The molecule has 4 aromatic rings. The van der Waals surface area contributed by atoms with E-state index >= 15 is 0 Å². The van der Waals surface area contributed by atoms with Crippen molar-refractivity contribution in [1.29, 1.82) is 0 Å². The van der Waals surface area contributed by atoms with Crippen LogP contribution in [0.3, 0.4) is 0 Å². The Morgan fingerprint density at radius 2 is 1.73 bits per heavy atom. The number of fused-ring (bicyclic) bond motifs is 1. The first-order chi connectivity index (χ1) is 12.7. The molecule has 2 aromatic carbocycles. The third-order valence-corrected chi connectivity index (χ3v) is 4.10. The molecule has 0 aliphatic heterocycles. The molecule has 0 radical (unpaired) electrons. The Morgan fingerprint density at radius 1 is 0.923 bits per heavy atom. The van der Waals surface area contributed by atoms with Gasteiger partial charge < -0.3 is 5.32 Å². The molecule has 1 N–H and O–H groups in total. The summed E-state index contributed by atoms with van der Waals surface area (Å²) in [6, 6.07) is 12.4. The third-order valence-electron chi connectivity index (χ3n) is 4.10. The summed E-state index contributed by atoms with van der Waals surface area (Å²) < 4.78 is 27.8. The Bertz CT molecular complexity index is 1080. The number of hydrogen-bond acceptors (Lipinski definition) is 4. The van der Waals surface area contributed by atoms with Gasteiger partial charge in [0.2, 0.25) is 0 Å². The lowest BCUT2D eigenvalue weighted by molar-refractivity contribution is 0.626. The third kappa shape index (κ3) is 2.86. The van der Waals surface area contributed by atoms with Crippen LogP contribution in [0.25, 0.3) is 33.4 Å². The lowest BCUT2D eigenvalue weighted by Gasteiger charge is -2.11. The van der Waals surface area contributed by atoms with E-state index in [9.17, 15) is 8.78 Å². The highest BCUT2D eigenvalue weighted by atomic mass is 19.1. The van der Waals surface area contributed by atoms with Crippen molar-refractivity contribution in [2.45, 2.75) is 0 Å². The van der Waals surface area contributed by atoms with Gasteiger partial charge in [0, 0.05) is 42.0 Å². The number of benzene rings is 2. The van der Waals surface area contributed by atoms with Crippen LogP contribution in [0.4, 0.5) is 14.6 Å². The van der Waals surface area contributed by atoms with E-state index in [1.807, 2.05) is 6.07 Å². The summed E-state index contributed by atoms with van der Waals surface area (Å²) in [6.45, 7) is 0. The van der Waals surface area contributed by atoms with Crippen LogP contribution in [0, 0.1) is 11.6 Å². The number of hydrogen-bond donors (Lipinski definition) is 1. The van der Waals surface area contributed by atoms with Crippen LogP contribution in [0.1, 0.15) is 0 Å². The first-order valence-corrected chi connectivity index (χ1v) is 8.01. The molecule has 26 heavy (non-hydrogen) atoms. The first-order valence-electron chi connectivity index (χ1n) is 8.01. The molecule has 0 saturated heterocycles. The second-order valence-electron chi connectivity index (χ2n) is 5.74. The van der Waals surface area contributed by atoms with Crippen molar-refractivity contribution >= 4 is 16.7 Å². The first kappa shape index (κ1) is 16.1. The van der Waals surface area contributed by atoms with Crippen LogP contribution in [0.15, 0.2) is 60.9 Å². The van der Waals surface area contributed by atoms with Crippen LogP contribution in [0.2, 0.25) is 0 Å².